The van der Waals surface area contributed by atoms with Gasteiger partial charge in [0.1, 0.15) is 5.03 Å². The van der Waals surface area contributed by atoms with Crippen LogP contribution in [0.5, 0.6) is 0 Å². The maximum atomic E-state index is 5.51. The van der Waals surface area contributed by atoms with E-state index in [0.29, 0.717) is 5.25 Å². The van der Waals surface area contributed by atoms with Gasteiger partial charge >= 0.3 is 0 Å². The molecule has 1 rings (SSSR count). The number of rotatable bonds is 5. The van der Waals surface area contributed by atoms with Gasteiger partial charge in [-0.15, -0.1) is 11.8 Å². The lowest BCUT2D eigenvalue weighted by Crippen LogP contribution is -2.09. The lowest BCUT2D eigenvalue weighted by molar-refractivity contribution is 0.743. The van der Waals surface area contributed by atoms with E-state index in [1.807, 2.05) is 0 Å². The van der Waals surface area contributed by atoms with E-state index in [9.17, 15) is 0 Å². The minimum atomic E-state index is 0.571. The van der Waals surface area contributed by atoms with Crippen molar-refractivity contribution in [3.05, 3.63) is 18.6 Å². The Morgan fingerprint density at radius 3 is 2.92 bits per heavy atom. The second kappa shape index (κ2) is 5.94. The third kappa shape index (κ3) is 3.74. The van der Waals surface area contributed by atoms with Crippen LogP contribution in [0.1, 0.15) is 19.8 Å². The summed E-state index contributed by atoms with van der Waals surface area (Å²) in [6.07, 6.45) is 7.37. The molecule has 0 saturated carbocycles. The van der Waals surface area contributed by atoms with Gasteiger partial charge in [0.15, 0.2) is 0 Å². The average molecular weight is 197 g/mol. The normalized spacial score (nSPS) is 12.8. The van der Waals surface area contributed by atoms with Crippen molar-refractivity contribution in [2.45, 2.75) is 30.0 Å². The van der Waals surface area contributed by atoms with Gasteiger partial charge in [0.25, 0.3) is 0 Å². The maximum absolute atomic E-state index is 5.51. The molecule has 0 aliphatic rings. The van der Waals surface area contributed by atoms with Crippen LogP contribution in [0, 0.1) is 0 Å². The van der Waals surface area contributed by atoms with Crippen LogP contribution in [0.3, 0.4) is 0 Å². The Labute approximate surface area is 83.2 Å². The van der Waals surface area contributed by atoms with Crippen molar-refractivity contribution in [3.8, 4) is 0 Å². The van der Waals surface area contributed by atoms with E-state index < -0.39 is 0 Å². The molecule has 0 radical (unpaired) electrons. The number of hydrogen-bond donors (Lipinski definition) is 1. The summed E-state index contributed by atoms with van der Waals surface area (Å²) < 4.78 is 0. The Balaban J connectivity index is 2.46. The zero-order valence-electron chi connectivity index (χ0n) is 7.81. The highest BCUT2D eigenvalue weighted by Crippen LogP contribution is 2.24. The van der Waals surface area contributed by atoms with Crippen LogP contribution in [0.4, 0.5) is 0 Å². The summed E-state index contributed by atoms with van der Waals surface area (Å²) in [5.74, 6) is 0. The molecule has 0 aromatic carbocycles. The SMILES string of the molecule is CCC(CCN)Sc1cnccn1. The molecule has 0 fully saturated rings. The first-order valence-electron chi connectivity index (χ1n) is 4.49. The molecule has 1 heterocycles. The summed E-state index contributed by atoms with van der Waals surface area (Å²) in [7, 11) is 0. The molecule has 0 aliphatic heterocycles. The van der Waals surface area contributed by atoms with E-state index in [1.54, 1.807) is 30.4 Å². The smallest absolute Gasteiger partial charge is 0.115 e. The second-order valence-electron chi connectivity index (χ2n) is 2.77. The second-order valence-corrected chi connectivity index (χ2v) is 4.09. The third-order valence-electron chi connectivity index (χ3n) is 1.77. The number of nitrogens with two attached hydrogens (primary N) is 1. The number of hydrogen-bond acceptors (Lipinski definition) is 4. The molecular formula is C9H15N3S. The molecule has 2 N–H and O–H groups in total. The fourth-order valence-electron chi connectivity index (χ4n) is 1.05. The third-order valence-corrected chi connectivity index (χ3v) is 3.13. The summed E-state index contributed by atoms with van der Waals surface area (Å²) in [5.41, 5.74) is 5.51. The lowest BCUT2D eigenvalue weighted by atomic mass is 10.2. The van der Waals surface area contributed by atoms with Crippen molar-refractivity contribution in [1.82, 2.24) is 9.97 Å². The molecule has 13 heavy (non-hydrogen) atoms. The molecule has 0 bridgehead atoms. The molecule has 1 aromatic rings. The van der Waals surface area contributed by atoms with Gasteiger partial charge in [0.05, 0.1) is 6.20 Å². The van der Waals surface area contributed by atoms with E-state index >= 15 is 0 Å². The first kappa shape index (κ1) is 10.5. The van der Waals surface area contributed by atoms with Gasteiger partial charge < -0.3 is 5.73 Å². The fraction of sp³-hybridized carbons (Fsp3) is 0.556. The van der Waals surface area contributed by atoms with Gasteiger partial charge in [-0.3, -0.25) is 4.98 Å². The van der Waals surface area contributed by atoms with Crippen molar-refractivity contribution in [3.63, 3.8) is 0 Å². The Bertz CT molecular complexity index is 228. The molecule has 4 heteroatoms. The Morgan fingerprint density at radius 2 is 2.38 bits per heavy atom. The van der Waals surface area contributed by atoms with E-state index in [1.165, 1.54) is 0 Å². The summed E-state index contributed by atoms with van der Waals surface area (Å²) in [5, 5.41) is 1.56. The van der Waals surface area contributed by atoms with Gasteiger partial charge in [-0.25, -0.2) is 4.98 Å². The van der Waals surface area contributed by atoms with Crippen LogP contribution in [0.15, 0.2) is 23.6 Å². The van der Waals surface area contributed by atoms with Crippen molar-refractivity contribution < 1.29 is 0 Å². The monoisotopic (exact) mass is 197 g/mol. The number of aromatic nitrogens is 2. The largest absolute Gasteiger partial charge is 0.330 e. The zero-order chi connectivity index (χ0) is 9.52. The summed E-state index contributed by atoms with van der Waals surface area (Å²) in [6, 6.07) is 0. The Morgan fingerprint density at radius 1 is 1.54 bits per heavy atom. The molecule has 3 nitrogen and oxygen atoms in total. The standard InChI is InChI=1S/C9H15N3S/c1-2-8(3-4-10)13-9-7-11-5-6-12-9/h5-8H,2-4,10H2,1H3. The van der Waals surface area contributed by atoms with Crippen LogP contribution in [-0.4, -0.2) is 21.8 Å². The van der Waals surface area contributed by atoms with Gasteiger partial charge in [-0.05, 0) is 19.4 Å². The first-order valence-corrected chi connectivity index (χ1v) is 5.37. The molecule has 0 saturated heterocycles. The van der Waals surface area contributed by atoms with Gasteiger partial charge in [-0.2, -0.15) is 0 Å². The highest BCUT2D eigenvalue weighted by Gasteiger charge is 2.07. The van der Waals surface area contributed by atoms with Crippen LogP contribution in [0.2, 0.25) is 0 Å². The van der Waals surface area contributed by atoms with Crippen molar-refractivity contribution in [2.75, 3.05) is 6.54 Å². The first-order chi connectivity index (χ1) is 6.36. The predicted octanol–water partition coefficient (Wildman–Crippen LogP) is 1.70. The van der Waals surface area contributed by atoms with Gasteiger partial charge in [-0.1, -0.05) is 6.92 Å². The van der Waals surface area contributed by atoms with E-state index in [4.69, 9.17) is 5.73 Å². The van der Waals surface area contributed by atoms with Crippen LogP contribution in [-0.2, 0) is 0 Å². The minimum absolute atomic E-state index is 0.571. The summed E-state index contributed by atoms with van der Waals surface area (Å²) in [6.45, 7) is 2.91. The van der Waals surface area contributed by atoms with Crippen LogP contribution >= 0.6 is 11.8 Å². The maximum Gasteiger partial charge on any atom is 0.115 e. The van der Waals surface area contributed by atoms with Crippen molar-refractivity contribution in [1.29, 1.82) is 0 Å². The van der Waals surface area contributed by atoms with Gasteiger partial charge in [0.2, 0.25) is 0 Å². The van der Waals surface area contributed by atoms with E-state index in [0.717, 1.165) is 24.4 Å². The molecule has 1 unspecified atom stereocenters. The molecule has 0 spiro atoms. The quantitative estimate of drug-likeness (QED) is 0.730. The van der Waals surface area contributed by atoms with Crippen LogP contribution in [0.25, 0.3) is 0 Å². The fourth-order valence-corrected chi connectivity index (χ4v) is 2.05. The molecule has 1 aromatic heterocycles. The van der Waals surface area contributed by atoms with Crippen LogP contribution < -0.4 is 5.73 Å². The number of thioether (sulfide) groups is 1. The molecule has 72 valence electrons. The molecule has 0 aliphatic carbocycles. The van der Waals surface area contributed by atoms with Crippen molar-refractivity contribution in [2.24, 2.45) is 5.73 Å². The van der Waals surface area contributed by atoms with Gasteiger partial charge in [0, 0.05) is 17.6 Å². The zero-order valence-corrected chi connectivity index (χ0v) is 8.63. The summed E-state index contributed by atoms with van der Waals surface area (Å²) >= 11 is 1.76. The van der Waals surface area contributed by atoms with Crippen molar-refractivity contribution >= 4 is 11.8 Å². The lowest BCUT2D eigenvalue weighted by Gasteiger charge is -2.11. The number of nitrogens with zero attached hydrogens (tertiary/aromatic N) is 2. The summed E-state index contributed by atoms with van der Waals surface area (Å²) in [4.78, 5) is 8.23. The molecule has 0 amide bonds. The molecule has 1 atom stereocenters. The topological polar surface area (TPSA) is 51.8 Å². The Hall–Kier alpha value is -0.610. The molecular weight excluding hydrogens is 182 g/mol. The Kier molecular flexibility index (Phi) is 4.78. The highest BCUT2D eigenvalue weighted by molar-refractivity contribution is 7.99. The van der Waals surface area contributed by atoms with E-state index in [-0.39, 0.29) is 0 Å². The average Bonchev–Trinajstić information content (AvgIpc) is 2.19. The predicted molar refractivity (Wildman–Crippen MR) is 55.6 cm³/mol. The minimum Gasteiger partial charge on any atom is -0.330 e. The van der Waals surface area contributed by atoms with E-state index in [2.05, 4.69) is 16.9 Å². The highest BCUT2D eigenvalue weighted by atomic mass is 32.2.